The number of hydrogen-bond donors (Lipinski definition) is 0. The van der Waals surface area contributed by atoms with Crippen LogP contribution in [0.5, 0.6) is 0 Å². The fourth-order valence-corrected chi connectivity index (χ4v) is 2.48. The smallest absolute Gasteiger partial charge is 0.410 e. The van der Waals surface area contributed by atoms with Crippen molar-refractivity contribution in [1.82, 2.24) is 9.80 Å². The van der Waals surface area contributed by atoms with Gasteiger partial charge in [0.05, 0.1) is 0 Å². The topological polar surface area (TPSA) is 32.8 Å². The number of ether oxygens (including phenoxy) is 1. The van der Waals surface area contributed by atoms with Crippen LogP contribution in [0.2, 0.25) is 0 Å². The number of carbonyl (C=O) groups excluding carboxylic acids is 1. The van der Waals surface area contributed by atoms with Crippen molar-refractivity contribution in [3.63, 3.8) is 0 Å². The molecule has 0 N–H and O–H groups in total. The van der Waals surface area contributed by atoms with E-state index in [4.69, 9.17) is 4.74 Å². The van der Waals surface area contributed by atoms with Gasteiger partial charge in [0, 0.05) is 32.7 Å². The summed E-state index contributed by atoms with van der Waals surface area (Å²) in [6, 6.07) is 0. The fourth-order valence-electron chi connectivity index (χ4n) is 2.48. The standard InChI is InChI=1S/C14H26N2O2/c1-14(2,3)18-13(17)16-9-7-15(8-10-16)11-12-5-4-6-12/h12H,4-11H2,1-3H3. The first-order valence-electron chi connectivity index (χ1n) is 7.14. The molecule has 0 aromatic carbocycles. The second kappa shape index (κ2) is 5.47. The highest BCUT2D eigenvalue weighted by molar-refractivity contribution is 5.68. The van der Waals surface area contributed by atoms with Gasteiger partial charge >= 0.3 is 6.09 Å². The lowest BCUT2D eigenvalue weighted by Gasteiger charge is -2.38. The molecule has 2 aliphatic rings. The van der Waals surface area contributed by atoms with E-state index in [1.807, 2.05) is 25.7 Å². The van der Waals surface area contributed by atoms with Crippen LogP contribution in [0.25, 0.3) is 0 Å². The second-order valence-corrected chi connectivity index (χ2v) is 6.56. The summed E-state index contributed by atoms with van der Waals surface area (Å²) in [7, 11) is 0. The van der Waals surface area contributed by atoms with Gasteiger partial charge in [-0.05, 0) is 39.5 Å². The summed E-state index contributed by atoms with van der Waals surface area (Å²) in [6.45, 7) is 10.6. The van der Waals surface area contributed by atoms with E-state index in [9.17, 15) is 4.79 Å². The van der Waals surface area contributed by atoms with E-state index in [-0.39, 0.29) is 11.7 Å². The van der Waals surface area contributed by atoms with Gasteiger partial charge in [0.1, 0.15) is 5.60 Å². The lowest BCUT2D eigenvalue weighted by molar-refractivity contribution is 0.0121. The first-order valence-corrected chi connectivity index (χ1v) is 7.14. The van der Waals surface area contributed by atoms with Crippen LogP contribution in [0.15, 0.2) is 0 Å². The molecule has 1 aliphatic heterocycles. The molecular weight excluding hydrogens is 228 g/mol. The molecule has 4 heteroatoms. The van der Waals surface area contributed by atoms with Crippen LogP contribution >= 0.6 is 0 Å². The summed E-state index contributed by atoms with van der Waals surface area (Å²) >= 11 is 0. The van der Waals surface area contributed by atoms with E-state index in [1.54, 1.807) is 0 Å². The predicted molar refractivity (Wildman–Crippen MR) is 71.6 cm³/mol. The van der Waals surface area contributed by atoms with Gasteiger partial charge in [-0.15, -0.1) is 0 Å². The molecule has 0 aromatic heterocycles. The Morgan fingerprint density at radius 2 is 1.78 bits per heavy atom. The maximum Gasteiger partial charge on any atom is 0.410 e. The monoisotopic (exact) mass is 254 g/mol. The molecule has 0 spiro atoms. The largest absolute Gasteiger partial charge is 0.444 e. The molecule has 1 saturated heterocycles. The third-order valence-electron chi connectivity index (χ3n) is 3.77. The zero-order valence-corrected chi connectivity index (χ0v) is 11.9. The molecular formula is C14H26N2O2. The van der Waals surface area contributed by atoms with E-state index in [1.165, 1.54) is 25.8 Å². The van der Waals surface area contributed by atoms with Gasteiger partial charge in [0.2, 0.25) is 0 Å². The van der Waals surface area contributed by atoms with Gasteiger partial charge in [0.15, 0.2) is 0 Å². The second-order valence-electron chi connectivity index (χ2n) is 6.56. The molecule has 2 rings (SSSR count). The quantitative estimate of drug-likeness (QED) is 0.758. The molecule has 0 bridgehead atoms. The van der Waals surface area contributed by atoms with Crippen molar-refractivity contribution < 1.29 is 9.53 Å². The average Bonchev–Trinajstić information content (AvgIpc) is 2.22. The van der Waals surface area contributed by atoms with E-state index < -0.39 is 0 Å². The van der Waals surface area contributed by atoms with Gasteiger partial charge in [-0.1, -0.05) is 6.42 Å². The van der Waals surface area contributed by atoms with Crippen molar-refractivity contribution in [1.29, 1.82) is 0 Å². The number of hydrogen-bond acceptors (Lipinski definition) is 3. The third kappa shape index (κ3) is 3.87. The van der Waals surface area contributed by atoms with Crippen molar-refractivity contribution in [3.05, 3.63) is 0 Å². The number of rotatable bonds is 2. The van der Waals surface area contributed by atoms with E-state index >= 15 is 0 Å². The fraction of sp³-hybridized carbons (Fsp3) is 0.929. The first kappa shape index (κ1) is 13.7. The minimum absolute atomic E-state index is 0.161. The number of amides is 1. The molecule has 0 unspecified atom stereocenters. The average molecular weight is 254 g/mol. The van der Waals surface area contributed by atoms with Crippen molar-refractivity contribution in [2.45, 2.75) is 45.6 Å². The van der Waals surface area contributed by atoms with Gasteiger partial charge in [0.25, 0.3) is 0 Å². The van der Waals surface area contributed by atoms with Crippen LogP contribution in [0, 0.1) is 5.92 Å². The number of carbonyl (C=O) groups is 1. The summed E-state index contributed by atoms with van der Waals surface area (Å²) in [5.74, 6) is 0.915. The summed E-state index contributed by atoms with van der Waals surface area (Å²) in [5, 5.41) is 0. The third-order valence-corrected chi connectivity index (χ3v) is 3.77. The molecule has 1 heterocycles. The molecule has 4 nitrogen and oxygen atoms in total. The zero-order valence-electron chi connectivity index (χ0n) is 11.9. The van der Waals surface area contributed by atoms with Gasteiger partial charge in [-0.2, -0.15) is 0 Å². The highest BCUT2D eigenvalue weighted by Gasteiger charge is 2.27. The Kier molecular flexibility index (Phi) is 4.15. The molecule has 0 atom stereocenters. The Balaban J connectivity index is 1.70. The predicted octanol–water partition coefficient (Wildman–Crippen LogP) is 2.34. The molecule has 104 valence electrons. The highest BCUT2D eigenvalue weighted by Crippen LogP contribution is 2.27. The van der Waals surface area contributed by atoms with Crippen molar-refractivity contribution in [2.75, 3.05) is 32.7 Å². The maximum absolute atomic E-state index is 11.9. The van der Waals surface area contributed by atoms with E-state index in [0.29, 0.717) is 0 Å². The minimum atomic E-state index is -0.389. The van der Waals surface area contributed by atoms with E-state index in [2.05, 4.69) is 4.90 Å². The molecule has 18 heavy (non-hydrogen) atoms. The van der Waals surface area contributed by atoms with Gasteiger partial charge in [-0.3, -0.25) is 4.90 Å². The summed E-state index contributed by atoms with van der Waals surface area (Å²) in [5.41, 5.74) is -0.389. The SMILES string of the molecule is CC(C)(C)OC(=O)N1CCN(CC2CCC2)CC1. The normalized spacial score (nSPS) is 22.7. The molecule has 1 amide bonds. The lowest BCUT2D eigenvalue weighted by Crippen LogP contribution is -2.51. The summed E-state index contributed by atoms with van der Waals surface area (Å²) in [4.78, 5) is 16.2. The minimum Gasteiger partial charge on any atom is -0.444 e. The van der Waals surface area contributed by atoms with Crippen LogP contribution in [0.3, 0.4) is 0 Å². The lowest BCUT2D eigenvalue weighted by atomic mass is 9.85. The summed E-state index contributed by atoms with van der Waals surface area (Å²) < 4.78 is 5.39. The molecule has 0 aromatic rings. The van der Waals surface area contributed by atoms with Crippen molar-refractivity contribution >= 4 is 6.09 Å². The Bertz CT molecular complexity index is 287. The molecule has 1 saturated carbocycles. The number of nitrogens with zero attached hydrogens (tertiary/aromatic N) is 2. The van der Waals surface area contributed by atoms with Crippen LogP contribution in [-0.2, 0) is 4.74 Å². The van der Waals surface area contributed by atoms with Crippen LogP contribution in [-0.4, -0.2) is 54.2 Å². The summed E-state index contributed by atoms with van der Waals surface area (Å²) in [6.07, 6.45) is 4.03. The Hall–Kier alpha value is -0.770. The molecule has 0 radical (unpaired) electrons. The van der Waals surface area contributed by atoms with Gasteiger partial charge in [-0.25, -0.2) is 4.79 Å². The van der Waals surface area contributed by atoms with Crippen LogP contribution in [0.1, 0.15) is 40.0 Å². The zero-order chi connectivity index (χ0) is 13.2. The van der Waals surface area contributed by atoms with Crippen LogP contribution in [0.4, 0.5) is 4.79 Å². The van der Waals surface area contributed by atoms with E-state index in [0.717, 1.165) is 32.1 Å². The van der Waals surface area contributed by atoms with Crippen LogP contribution < -0.4 is 0 Å². The Labute approximate surface area is 110 Å². The van der Waals surface area contributed by atoms with Crippen molar-refractivity contribution in [2.24, 2.45) is 5.92 Å². The Morgan fingerprint density at radius 3 is 2.22 bits per heavy atom. The highest BCUT2D eigenvalue weighted by atomic mass is 16.6. The molecule has 2 fully saturated rings. The number of piperazine rings is 1. The van der Waals surface area contributed by atoms with Gasteiger partial charge < -0.3 is 9.64 Å². The van der Waals surface area contributed by atoms with Crippen molar-refractivity contribution in [3.8, 4) is 0 Å². The Morgan fingerprint density at radius 1 is 1.17 bits per heavy atom. The first-order chi connectivity index (χ1) is 8.44. The molecule has 1 aliphatic carbocycles. The maximum atomic E-state index is 11.9.